The van der Waals surface area contributed by atoms with Gasteiger partial charge < -0.3 is 9.64 Å². The Kier molecular flexibility index (Phi) is 7.41. The van der Waals surface area contributed by atoms with Crippen LogP contribution in [-0.4, -0.2) is 69.1 Å². The van der Waals surface area contributed by atoms with Gasteiger partial charge in [0.15, 0.2) is 0 Å². The van der Waals surface area contributed by atoms with Crippen molar-refractivity contribution in [2.45, 2.75) is 49.1 Å². The summed E-state index contributed by atoms with van der Waals surface area (Å²) >= 11 is 0. The van der Waals surface area contributed by atoms with Crippen LogP contribution < -0.4 is 0 Å². The van der Waals surface area contributed by atoms with Gasteiger partial charge in [0.2, 0.25) is 15.9 Å². The monoisotopic (exact) mass is 448 g/mol. The van der Waals surface area contributed by atoms with Gasteiger partial charge in [-0.2, -0.15) is 17.5 Å². The standard InChI is InChI=1S/C20H27F3N2O4S/c21-20(22,23)15-29-14-19(26)24-10-12-25(13-11-24)30(27,28)18-8-6-17(7-9-18)16-4-2-1-3-5-16/h6-9,16H,1-5,10-15H2. The first kappa shape index (κ1) is 23.0. The predicted octanol–water partition coefficient (Wildman–Crippen LogP) is 3.15. The van der Waals surface area contributed by atoms with Crippen LogP contribution in [0.5, 0.6) is 0 Å². The van der Waals surface area contributed by atoms with E-state index in [4.69, 9.17) is 0 Å². The molecule has 1 amide bonds. The number of hydrogen-bond donors (Lipinski definition) is 0. The molecule has 1 aromatic carbocycles. The van der Waals surface area contributed by atoms with Gasteiger partial charge in [0.25, 0.3) is 0 Å². The van der Waals surface area contributed by atoms with Crippen molar-refractivity contribution in [3.8, 4) is 0 Å². The van der Waals surface area contributed by atoms with Gasteiger partial charge in [-0.3, -0.25) is 4.79 Å². The fraction of sp³-hybridized carbons (Fsp3) is 0.650. The summed E-state index contributed by atoms with van der Waals surface area (Å²) in [5.74, 6) is -0.0854. The number of nitrogens with zero attached hydrogens (tertiary/aromatic N) is 2. The van der Waals surface area contributed by atoms with Crippen LogP contribution in [0.15, 0.2) is 29.2 Å². The topological polar surface area (TPSA) is 66.9 Å². The predicted molar refractivity (Wildman–Crippen MR) is 104 cm³/mol. The first-order chi connectivity index (χ1) is 14.2. The lowest BCUT2D eigenvalue weighted by atomic mass is 9.84. The molecule has 3 rings (SSSR count). The molecule has 1 saturated heterocycles. The number of benzene rings is 1. The average molecular weight is 449 g/mol. The van der Waals surface area contributed by atoms with Gasteiger partial charge in [0, 0.05) is 26.2 Å². The van der Waals surface area contributed by atoms with Gasteiger partial charge in [-0.1, -0.05) is 31.4 Å². The molecule has 0 N–H and O–H groups in total. The summed E-state index contributed by atoms with van der Waals surface area (Å²) < 4.78 is 67.8. The van der Waals surface area contributed by atoms with Crippen LogP contribution in [-0.2, 0) is 19.6 Å². The highest BCUT2D eigenvalue weighted by Crippen LogP contribution is 2.33. The molecule has 0 aromatic heterocycles. The van der Waals surface area contributed by atoms with Crippen LogP contribution in [0.1, 0.15) is 43.6 Å². The van der Waals surface area contributed by atoms with Gasteiger partial charge in [0.1, 0.15) is 13.2 Å². The summed E-state index contributed by atoms with van der Waals surface area (Å²) in [6.45, 7) is -1.73. The molecule has 30 heavy (non-hydrogen) atoms. The minimum Gasteiger partial charge on any atom is -0.362 e. The van der Waals surface area contributed by atoms with E-state index in [1.165, 1.54) is 34.0 Å². The van der Waals surface area contributed by atoms with Gasteiger partial charge in [-0.25, -0.2) is 8.42 Å². The largest absolute Gasteiger partial charge is 0.411 e. The fourth-order valence-electron chi connectivity index (χ4n) is 4.02. The Hall–Kier alpha value is -1.65. The van der Waals surface area contributed by atoms with Crippen molar-refractivity contribution in [3.05, 3.63) is 29.8 Å². The number of carbonyl (C=O) groups excluding carboxylic acids is 1. The van der Waals surface area contributed by atoms with Crippen LogP contribution in [0.2, 0.25) is 0 Å². The highest BCUT2D eigenvalue weighted by Gasteiger charge is 2.32. The molecule has 168 valence electrons. The highest BCUT2D eigenvalue weighted by molar-refractivity contribution is 7.89. The molecule has 0 radical (unpaired) electrons. The van der Waals surface area contributed by atoms with Crippen molar-refractivity contribution in [1.29, 1.82) is 0 Å². The molecule has 2 aliphatic rings. The quantitative estimate of drug-likeness (QED) is 0.671. The number of halogens is 3. The molecule has 1 heterocycles. The summed E-state index contributed by atoms with van der Waals surface area (Å²) in [6, 6.07) is 7.06. The molecule has 0 atom stereocenters. The van der Waals surface area contributed by atoms with Crippen molar-refractivity contribution in [2.75, 3.05) is 39.4 Å². The maximum absolute atomic E-state index is 12.9. The zero-order chi connectivity index (χ0) is 21.8. The Bertz CT molecular complexity index is 813. The summed E-state index contributed by atoms with van der Waals surface area (Å²) in [5.41, 5.74) is 1.17. The van der Waals surface area contributed by atoms with Crippen LogP contribution in [0.4, 0.5) is 13.2 Å². The molecule has 2 fully saturated rings. The van der Waals surface area contributed by atoms with E-state index in [2.05, 4.69) is 4.74 Å². The van der Waals surface area contributed by atoms with Gasteiger partial charge in [-0.05, 0) is 36.5 Å². The molecular weight excluding hydrogens is 421 g/mol. The van der Waals surface area contributed by atoms with Crippen molar-refractivity contribution in [1.82, 2.24) is 9.21 Å². The third kappa shape index (κ3) is 5.95. The summed E-state index contributed by atoms with van der Waals surface area (Å²) in [6.07, 6.45) is 1.44. The van der Waals surface area contributed by atoms with Crippen LogP contribution in [0.25, 0.3) is 0 Å². The maximum atomic E-state index is 12.9. The van der Waals surface area contributed by atoms with Crippen LogP contribution in [0.3, 0.4) is 0 Å². The van der Waals surface area contributed by atoms with Crippen LogP contribution in [0, 0.1) is 0 Å². The lowest BCUT2D eigenvalue weighted by Crippen LogP contribution is -2.51. The van der Waals surface area contributed by atoms with Crippen molar-refractivity contribution >= 4 is 15.9 Å². The van der Waals surface area contributed by atoms with Gasteiger partial charge in [-0.15, -0.1) is 0 Å². The van der Waals surface area contributed by atoms with E-state index >= 15 is 0 Å². The molecule has 0 unspecified atom stereocenters. The third-order valence-corrected chi connectivity index (χ3v) is 7.59. The van der Waals surface area contributed by atoms with Crippen molar-refractivity contribution in [2.24, 2.45) is 0 Å². The Morgan fingerprint density at radius 3 is 2.17 bits per heavy atom. The molecule has 1 aliphatic heterocycles. The van der Waals surface area contributed by atoms with E-state index in [1.807, 2.05) is 12.1 Å². The number of alkyl halides is 3. The number of piperazine rings is 1. The second kappa shape index (κ2) is 9.65. The van der Waals surface area contributed by atoms with Gasteiger partial charge in [0.05, 0.1) is 4.90 Å². The lowest BCUT2D eigenvalue weighted by molar-refractivity contribution is -0.178. The molecule has 1 saturated carbocycles. The Balaban J connectivity index is 1.53. The minimum absolute atomic E-state index is 0.0950. The first-order valence-electron chi connectivity index (χ1n) is 10.2. The van der Waals surface area contributed by atoms with E-state index in [0.29, 0.717) is 5.92 Å². The number of ether oxygens (including phenoxy) is 1. The summed E-state index contributed by atoms with van der Waals surface area (Å²) in [7, 11) is -3.68. The highest BCUT2D eigenvalue weighted by atomic mass is 32.2. The molecule has 0 spiro atoms. The fourth-order valence-corrected chi connectivity index (χ4v) is 5.44. The van der Waals surface area contributed by atoms with E-state index in [0.717, 1.165) is 12.8 Å². The number of rotatable bonds is 6. The second-order valence-electron chi connectivity index (χ2n) is 7.80. The first-order valence-corrected chi connectivity index (χ1v) is 11.6. The molecule has 10 heteroatoms. The maximum Gasteiger partial charge on any atom is 0.411 e. The zero-order valence-electron chi connectivity index (χ0n) is 16.7. The second-order valence-corrected chi connectivity index (χ2v) is 9.73. The number of carbonyl (C=O) groups is 1. The number of hydrogen-bond acceptors (Lipinski definition) is 4. The van der Waals surface area contributed by atoms with Gasteiger partial charge >= 0.3 is 6.18 Å². The summed E-state index contributed by atoms with van der Waals surface area (Å²) in [5, 5.41) is 0. The molecule has 1 aliphatic carbocycles. The van der Waals surface area contributed by atoms with E-state index in [-0.39, 0.29) is 31.1 Å². The SMILES string of the molecule is O=C(COCC(F)(F)F)N1CCN(S(=O)(=O)c2ccc(C3CCCCC3)cc2)CC1. The minimum atomic E-state index is -4.49. The van der Waals surface area contributed by atoms with E-state index in [1.54, 1.807) is 12.1 Å². The molecule has 1 aromatic rings. The Labute approximate surface area is 175 Å². The summed E-state index contributed by atoms with van der Waals surface area (Å²) in [4.78, 5) is 13.5. The smallest absolute Gasteiger partial charge is 0.362 e. The Morgan fingerprint density at radius 1 is 1.00 bits per heavy atom. The average Bonchev–Trinajstić information content (AvgIpc) is 2.73. The molecular formula is C20H27F3N2O4S. The third-order valence-electron chi connectivity index (χ3n) is 5.68. The normalized spacial score (nSPS) is 19.8. The van der Waals surface area contributed by atoms with Crippen LogP contribution >= 0.6 is 0 Å². The van der Waals surface area contributed by atoms with Crippen molar-refractivity contribution < 1.29 is 31.1 Å². The zero-order valence-corrected chi connectivity index (χ0v) is 17.6. The molecule has 6 nitrogen and oxygen atoms in total. The Morgan fingerprint density at radius 2 is 1.60 bits per heavy atom. The molecule has 0 bridgehead atoms. The van der Waals surface area contributed by atoms with E-state index < -0.39 is 35.3 Å². The lowest BCUT2D eigenvalue weighted by Gasteiger charge is -2.34. The van der Waals surface area contributed by atoms with Crippen molar-refractivity contribution in [3.63, 3.8) is 0 Å². The number of sulfonamides is 1. The van der Waals surface area contributed by atoms with E-state index in [9.17, 15) is 26.4 Å². The number of amides is 1.